The maximum Gasteiger partial charge on any atom is 0.522 e. The van der Waals surface area contributed by atoms with Gasteiger partial charge in [0.25, 0.3) is 0 Å². The van der Waals surface area contributed by atoms with E-state index in [1.54, 1.807) is 18.2 Å². The Kier molecular flexibility index (Phi) is 4.09. The number of alkyl halides is 3. The van der Waals surface area contributed by atoms with Crippen LogP contribution in [-0.4, -0.2) is 25.4 Å². The van der Waals surface area contributed by atoms with Gasteiger partial charge in [-0.3, -0.25) is 9.53 Å². The number of hydrogen-bond donors (Lipinski definition) is 0. The van der Waals surface area contributed by atoms with Crippen LogP contribution in [-0.2, 0) is 11.2 Å². The molecule has 19 heavy (non-hydrogen) atoms. The van der Waals surface area contributed by atoms with Crippen LogP contribution < -0.4 is 4.74 Å². The van der Waals surface area contributed by atoms with Crippen LogP contribution in [0.15, 0.2) is 18.2 Å². The topological polar surface area (TPSA) is 35.5 Å². The van der Waals surface area contributed by atoms with Gasteiger partial charge in [-0.1, -0.05) is 6.07 Å². The predicted molar refractivity (Wildman–Crippen MR) is 61.2 cm³/mol. The zero-order chi connectivity index (χ0) is 13.9. The SMILES string of the molecule is O=C1CCCc2ccc(OCCOC(F)(F)F)cc21. The van der Waals surface area contributed by atoms with Crippen molar-refractivity contribution in [1.29, 1.82) is 0 Å². The number of Topliss-reactive ketones (excluding diaryl/α,β-unsaturated/α-hetero) is 1. The van der Waals surface area contributed by atoms with Crippen molar-refractivity contribution in [2.45, 2.75) is 25.6 Å². The van der Waals surface area contributed by atoms with Gasteiger partial charge in [-0.25, -0.2) is 0 Å². The van der Waals surface area contributed by atoms with Crippen LogP contribution in [0, 0.1) is 0 Å². The Bertz CT molecular complexity index is 469. The molecular weight excluding hydrogens is 261 g/mol. The number of hydrogen-bond acceptors (Lipinski definition) is 3. The van der Waals surface area contributed by atoms with Crippen molar-refractivity contribution >= 4 is 5.78 Å². The molecule has 104 valence electrons. The molecule has 0 amide bonds. The van der Waals surface area contributed by atoms with Crippen molar-refractivity contribution in [2.75, 3.05) is 13.2 Å². The van der Waals surface area contributed by atoms with Crippen molar-refractivity contribution in [3.8, 4) is 5.75 Å². The van der Waals surface area contributed by atoms with E-state index in [1.165, 1.54) is 0 Å². The van der Waals surface area contributed by atoms with Crippen LogP contribution in [0.4, 0.5) is 13.2 Å². The lowest BCUT2D eigenvalue weighted by Gasteiger charge is -2.16. The molecule has 0 saturated heterocycles. The first-order chi connectivity index (χ1) is 8.96. The smallest absolute Gasteiger partial charge is 0.491 e. The molecule has 0 spiro atoms. The van der Waals surface area contributed by atoms with Gasteiger partial charge in [0, 0.05) is 12.0 Å². The number of halogens is 3. The van der Waals surface area contributed by atoms with Gasteiger partial charge >= 0.3 is 6.36 Å². The Morgan fingerprint density at radius 3 is 2.68 bits per heavy atom. The van der Waals surface area contributed by atoms with Crippen LogP contribution in [0.25, 0.3) is 0 Å². The standard InChI is InChI=1S/C13H13F3O3/c14-13(15,16)19-7-6-18-10-5-4-9-2-1-3-12(17)11(9)8-10/h4-5,8H,1-3,6-7H2. The van der Waals surface area contributed by atoms with Crippen molar-refractivity contribution in [3.63, 3.8) is 0 Å². The van der Waals surface area contributed by atoms with E-state index in [1.807, 2.05) is 0 Å². The predicted octanol–water partition coefficient (Wildman–Crippen LogP) is 3.12. The molecule has 2 rings (SSSR count). The lowest BCUT2D eigenvalue weighted by Crippen LogP contribution is -2.18. The molecule has 6 heteroatoms. The molecule has 0 saturated carbocycles. The summed E-state index contributed by atoms with van der Waals surface area (Å²) in [6, 6.07) is 5.03. The largest absolute Gasteiger partial charge is 0.522 e. The minimum atomic E-state index is -4.64. The Hall–Kier alpha value is -1.56. The zero-order valence-electron chi connectivity index (χ0n) is 10.1. The minimum absolute atomic E-state index is 0.0539. The number of aryl methyl sites for hydroxylation is 1. The van der Waals surface area contributed by atoms with Crippen molar-refractivity contribution in [1.82, 2.24) is 0 Å². The van der Waals surface area contributed by atoms with Gasteiger partial charge in [0.2, 0.25) is 0 Å². The Balaban J connectivity index is 1.91. The summed E-state index contributed by atoms with van der Waals surface area (Å²) in [5, 5.41) is 0. The fraction of sp³-hybridized carbons (Fsp3) is 0.462. The van der Waals surface area contributed by atoms with E-state index in [-0.39, 0.29) is 12.4 Å². The van der Waals surface area contributed by atoms with E-state index < -0.39 is 13.0 Å². The number of carbonyl (C=O) groups is 1. The molecule has 0 N–H and O–H groups in total. The first-order valence-corrected chi connectivity index (χ1v) is 5.95. The quantitative estimate of drug-likeness (QED) is 0.791. The molecule has 1 aliphatic carbocycles. The highest BCUT2D eigenvalue weighted by molar-refractivity contribution is 5.98. The summed E-state index contributed by atoms with van der Waals surface area (Å²) < 4.78 is 43.9. The van der Waals surface area contributed by atoms with E-state index in [0.717, 1.165) is 18.4 Å². The first kappa shape index (κ1) is 13.9. The molecule has 0 atom stereocenters. The van der Waals surface area contributed by atoms with Gasteiger partial charge in [-0.2, -0.15) is 0 Å². The van der Waals surface area contributed by atoms with E-state index >= 15 is 0 Å². The number of rotatable bonds is 4. The summed E-state index contributed by atoms with van der Waals surface area (Å²) in [7, 11) is 0. The second-order valence-electron chi connectivity index (χ2n) is 4.24. The summed E-state index contributed by atoms with van der Waals surface area (Å²) in [6.07, 6.45) is -2.45. The zero-order valence-corrected chi connectivity index (χ0v) is 10.1. The van der Waals surface area contributed by atoms with Crippen molar-refractivity contribution in [2.24, 2.45) is 0 Å². The lowest BCUT2D eigenvalue weighted by molar-refractivity contribution is -0.325. The highest BCUT2D eigenvalue weighted by atomic mass is 19.4. The monoisotopic (exact) mass is 274 g/mol. The van der Waals surface area contributed by atoms with Crippen LogP contribution in [0.3, 0.4) is 0 Å². The van der Waals surface area contributed by atoms with Gasteiger partial charge in [0.05, 0.1) is 6.61 Å². The number of benzene rings is 1. The molecule has 0 heterocycles. The molecular formula is C13H13F3O3. The molecule has 0 aromatic heterocycles. The number of carbonyl (C=O) groups excluding carboxylic acids is 1. The number of fused-ring (bicyclic) bond motifs is 1. The Morgan fingerprint density at radius 1 is 1.16 bits per heavy atom. The molecule has 0 bridgehead atoms. The lowest BCUT2D eigenvalue weighted by atomic mass is 9.90. The summed E-state index contributed by atoms with van der Waals surface area (Å²) in [5.74, 6) is 0.443. The van der Waals surface area contributed by atoms with E-state index in [4.69, 9.17) is 4.74 Å². The Labute approximate surface area is 108 Å². The third-order valence-corrected chi connectivity index (χ3v) is 2.85. The molecule has 0 unspecified atom stereocenters. The summed E-state index contributed by atoms with van der Waals surface area (Å²) in [6.45, 7) is -0.791. The maximum absolute atomic E-state index is 11.7. The molecule has 1 aromatic carbocycles. The fourth-order valence-corrected chi connectivity index (χ4v) is 2.01. The third-order valence-electron chi connectivity index (χ3n) is 2.85. The van der Waals surface area contributed by atoms with Crippen LogP contribution >= 0.6 is 0 Å². The maximum atomic E-state index is 11.7. The highest BCUT2D eigenvalue weighted by Gasteiger charge is 2.28. The average molecular weight is 274 g/mol. The van der Waals surface area contributed by atoms with Crippen LogP contribution in [0.2, 0.25) is 0 Å². The summed E-state index contributed by atoms with van der Waals surface area (Å²) in [4.78, 5) is 11.7. The number of ether oxygens (including phenoxy) is 2. The van der Waals surface area contributed by atoms with Gasteiger partial charge < -0.3 is 4.74 Å². The van der Waals surface area contributed by atoms with E-state index in [0.29, 0.717) is 17.7 Å². The third kappa shape index (κ3) is 3.96. The van der Waals surface area contributed by atoms with E-state index in [2.05, 4.69) is 4.74 Å². The molecule has 0 fully saturated rings. The number of ketones is 1. The normalized spacial score (nSPS) is 15.2. The fourth-order valence-electron chi connectivity index (χ4n) is 2.01. The first-order valence-electron chi connectivity index (χ1n) is 5.95. The molecule has 1 aliphatic rings. The molecule has 1 aromatic rings. The highest BCUT2D eigenvalue weighted by Crippen LogP contribution is 2.25. The second kappa shape index (κ2) is 5.61. The van der Waals surface area contributed by atoms with Gasteiger partial charge in [-0.15, -0.1) is 13.2 Å². The van der Waals surface area contributed by atoms with E-state index in [9.17, 15) is 18.0 Å². The van der Waals surface area contributed by atoms with Crippen molar-refractivity contribution < 1.29 is 27.4 Å². The summed E-state index contributed by atoms with van der Waals surface area (Å²) in [5.41, 5.74) is 1.58. The Morgan fingerprint density at radius 2 is 1.95 bits per heavy atom. The minimum Gasteiger partial charge on any atom is -0.491 e. The van der Waals surface area contributed by atoms with Gasteiger partial charge in [0.1, 0.15) is 12.4 Å². The molecule has 0 aliphatic heterocycles. The average Bonchev–Trinajstić information content (AvgIpc) is 2.34. The van der Waals surface area contributed by atoms with Gasteiger partial charge in [0.15, 0.2) is 5.78 Å². The van der Waals surface area contributed by atoms with Crippen LogP contribution in [0.5, 0.6) is 5.75 Å². The van der Waals surface area contributed by atoms with Gasteiger partial charge in [-0.05, 0) is 30.5 Å². The molecule has 3 nitrogen and oxygen atoms in total. The summed E-state index contributed by atoms with van der Waals surface area (Å²) >= 11 is 0. The second-order valence-corrected chi connectivity index (χ2v) is 4.24. The van der Waals surface area contributed by atoms with Crippen LogP contribution in [0.1, 0.15) is 28.8 Å². The molecule has 0 radical (unpaired) electrons. The van der Waals surface area contributed by atoms with Crippen molar-refractivity contribution in [3.05, 3.63) is 29.3 Å².